The van der Waals surface area contributed by atoms with E-state index < -0.39 is 5.60 Å². The lowest BCUT2D eigenvalue weighted by Crippen LogP contribution is -2.38. The molecule has 94 valence electrons. The lowest BCUT2D eigenvalue weighted by Gasteiger charge is -2.28. The molecule has 0 amide bonds. The maximum atomic E-state index is 10.4. The van der Waals surface area contributed by atoms with Gasteiger partial charge in [-0.1, -0.05) is 42.7 Å². The van der Waals surface area contributed by atoms with E-state index in [1.54, 1.807) is 0 Å². The van der Waals surface area contributed by atoms with Crippen LogP contribution in [0, 0.1) is 6.92 Å². The van der Waals surface area contributed by atoms with E-state index in [1.165, 1.54) is 24.0 Å². The van der Waals surface area contributed by atoms with Crippen LogP contribution in [0.2, 0.25) is 0 Å². The van der Waals surface area contributed by atoms with Crippen LogP contribution < -0.4 is 0 Å². The summed E-state index contributed by atoms with van der Waals surface area (Å²) in [5.74, 6) is 0. The van der Waals surface area contributed by atoms with Crippen molar-refractivity contribution in [1.29, 1.82) is 0 Å². The van der Waals surface area contributed by atoms with Crippen LogP contribution >= 0.6 is 0 Å². The summed E-state index contributed by atoms with van der Waals surface area (Å²) in [6.45, 7) is 3.83. The van der Waals surface area contributed by atoms with Crippen molar-refractivity contribution < 1.29 is 5.11 Å². The van der Waals surface area contributed by atoms with Crippen LogP contribution in [0.25, 0.3) is 0 Å². The standard InChI is InChI=1S/C15H23NO/c1-13-6-5-7-14(10-13)11-16(2)12-15(17)8-3-4-9-15/h5-7,10,17H,3-4,8-9,11-12H2,1-2H3. The summed E-state index contributed by atoms with van der Waals surface area (Å²) in [7, 11) is 2.10. The maximum Gasteiger partial charge on any atom is 0.0774 e. The lowest BCUT2D eigenvalue weighted by molar-refractivity contribution is 0.0145. The SMILES string of the molecule is Cc1cccc(CN(C)CC2(O)CCCC2)c1. The molecule has 0 bridgehead atoms. The zero-order valence-corrected chi connectivity index (χ0v) is 10.9. The molecule has 2 rings (SSSR count). The van der Waals surface area contributed by atoms with Gasteiger partial charge in [0.1, 0.15) is 0 Å². The van der Waals surface area contributed by atoms with Gasteiger partial charge in [0.25, 0.3) is 0 Å². The Balaban J connectivity index is 1.90. The smallest absolute Gasteiger partial charge is 0.0774 e. The third kappa shape index (κ3) is 3.55. The first-order valence-electron chi connectivity index (χ1n) is 6.54. The average molecular weight is 233 g/mol. The molecular weight excluding hydrogens is 210 g/mol. The van der Waals surface area contributed by atoms with Gasteiger partial charge in [-0.05, 0) is 32.4 Å². The Morgan fingerprint density at radius 3 is 2.65 bits per heavy atom. The van der Waals surface area contributed by atoms with Crippen LogP contribution in [0.4, 0.5) is 0 Å². The molecule has 2 nitrogen and oxygen atoms in total. The van der Waals surface area contributed by atoms with Crippen molar-refractivity contribution in [3.05, 3.63) is 35.4 Å². The van der Waals surface area contributed by atoms with Crippen molar-refractivity contribution >= 4 is 0 Å². The Morgan fingerprint density at radius 1 is 1.29 bits per heavy atom. The second-order valence-corrected chi connectivity index (χ2v) is 5.59. The molecule has 0 aromatic heterocycles. The van der Waals surface area contributed by atoms with Gasteiger partial charge in [-0.3, -0.25) is 4.90 Å². The molecule has 17 heavy (non-hydrogen) atoms. The number of hydrogen-bond acceptors (Lipinski definition) is 2. The Kier molecular flexibility index (Phi) is 3.85. The molecule has 1 aliphatic rings. The number of nitrogens with zero attached hydrogens (tertiary/aromatic N) is 1. The van der Waals surface area contributed by atoms with E-state index in [0.29, 0.717) is 0 Å². The minimum absolute atomic E-state index is 0.432. The van der Waals surface area contributed by atoms with Gasteiger partial charge in [0.05, 0.1) is 5.60 Å². The monoisotopic (exact) mass is 233 g/mol. The van der Waals surface area contributed by atoms with E-state index in [1.807, 2.05) is 0 Å². The molecule has 0 unspecified atom stereocenters. The quantitative estimate of drug-likeness (QED) is 0.864. The number of aryl methyl sites for hydroxylation is 1. The molecule has 1 aromatic rings. The molecule has 1 saturated carbocycles. The molecule has 0 heterocycles. The molecule has 1 aromatic carbocycles. The van der Waals surface area contributed by atoms with Crippen LogP contribution in [0.5, 0.6) is 0 Å². The highest BCUT2D eigenvalue weighted by Gasteiger charge is 2.31. The lowest BCUT2D eigenvalue weighted by atomic mass is 10.0. The predicted octanol–water partition coefficient (Wildman–Crippen LogP) is 2.73. The van der Waals surface area contributed by atoms with Crippen LogP contribution in [0.15, 0.2) is 24.3 Å². The molecule has 0 saturated heterocycles. The molecule has 1 fully saturated rings. The van der Waals surface area contributed by atoms with Crippen LogP contribution in [-0.2, 0) is 6.54 Å². The van der Waals surface area contributed by atoms with Gasteiger partial charge in [0, 0.05) is 13.1 Å². The van der Waals surface area contributed by atoms with Gasteiger partial charge in [0.2, 0.25) is 0 Å². The fourth-order valence-electron chi connectivity index (χ4n) is 2.87. The summed E-state index contributed by atoms with van der Waals surface area (Å²) in [5.41, 5.74) is 2.20. The van der Waals surface area contributed by atoms with Crippen molar-refractivity contribution in [3.63, 3.8) is 0 Å². The molecule has 0 radical (unpaired) electrons. The summed E-state index contributed by atoms with van der Waals surface area (Å²) in [4.78, 5) is 2.24. The summed E-state index contributed by atoms with van der Waals surface area (Å²) in [6, 6.07) is 8.59. The van der Waals surface area contributed by atoms with Gasteiger partial charge < -0.3 is 5.11 Å². The van der Waals surface area contributed by atoms with E-state index in [2.05, 4.69) is 43.1 Å². The van der Waals surface area contributed by atoms with E-state index in [0.717, 1.165) is 25.9 Å². The van der Waals surface area contributed by atoms with Gasteiger partial charge in [-0.15, -0.1) is 0 Å². The van der Waals surface area contributed by atoms with Crippen molar-refractivity contribution in [2.45, 2.75) is 44.8 Å². The second-order valence-electron chi connectivity index (χ2n) is 5.59. The van der Waals surface area contributed by atoms with Crippen molar-refractivity contribution in [2.75, 3.05) is 13.6 Å². The zero-order valence-electron chi connectivity index (χ0n) is 10.9. The number of benzene rings is 1. The van der Waals surface area contributed by atoms with Crippen LogP contribution in [0.3, 0.4) is 0 Å². The molecule has 2 heteroatoms. The topological polar surface area (TPSA) is 23.5 Å². The molecule has 0 aliphatic heterocycles. The number of rotatable bonds is 4. The summed E-state index contributed by atoms with van der Waals surface area (Å²) < 4.78 is 0. The van der Waals surface area contributed by atoms with Gasteiger partial charge in [0.15, 0.2) is 0 Å². The highest BCUT2D eigenvalue weighted by atomic mass is 16.3. The summed E-state index contributed by atoms with van der Waals surface area (Å²) in [6.07, 6.45) is 4.28. The highest BCUT2D eigenvalue weighted by molar-refractivity contribution is 5.22. The van der Waals surface area contributed by atoms with Crippen molar-refractivity contribution in [1.82, 2.24) is 4.90 Å². The van der Waals surface area contributed by atoms with Gasteiger partial charge in [-0.25, -0.2) is 0 Å². The van der Waals surface area contributed by atoms with Gasteiger partial charge >= 0.3 is 0 Å². The molecular formula is C15H23NO. The Hall–Kier alpha value is -0.860. The summed E-state index contributed by atoms with van der Waals surface area (Å²) >= 11 is 0. The second kappa shape index (κ2) is 5.19. The van der Waals surface area contributed by atoms with E-state index >= 15 is 0 Å². The first-order valence-corrected chi connectivity index (χ1v) is 6.54. The van der Waals surface area contributed by atoms with E-state index in [4.69, 9.17) is 0 Å². The minimum Gasteiger partial charge on any atom is -0.389 e. The molecule has 1 N–H and O–H groups in total. The van der Waals surface area contributed by atoms with E-state index in [-0.39, 0.29) is 0 Å². The summed E-state index contributed by atoms with van der Waals surface area (Å²) in [5, 5.41) is 10.4. The van der Waals surface area contributed by atoms with Gasteiger partial charge in [-0.2, -0.15) is 0 Å². The zero-order chi connectivity index (χ0) is 12.3. The third-order valence-electron chi connectivity index (χ3n) is 3.63. The van der Waals surface area contributed by atoms with E-state index in [9.17, 15) is 5.11 Å². The first-order chi connectivity index (χ1) is 8.07. The average Bonchev–Trinajstić information content (AvgIpc) is 2.64. The number of aliphatic hydroxyl groups is 1. The largest absolute Gasteiger partial charge is 0.389 e. The van der Waals surface area contributed by atoms with Crippen LogP contribution in [-0.4, -0.2) is 29.2 Å². The first kappa shape index (κ1) is 12.6. The Labute approximate surface area is 104 Å². The predicted molar refractivity (Wildman–Crippen MR) is 70.9 cm³/mol. The molecule has 0 atom stereocenters. The number of hydrogen-bond donors (Lipinski definition) is 1. The number of likely N-dealkylation sites (N-methyl/N-ethyl adjacent to an activating group) is 1. The van der Waals surface area contributed by atoms with Crippen molar-refractivity contribution in [3.8, 4) is 0 Å². The minimum atomic E-state index is -0.432. The fourth-order valence-corrected chi connectivity index (χ4v) is 2.87. The van der Waals surface area contributed by atoms with Crippen molar-refractivity contribution in [2.24, 2.45) is 0 Å². The molecule has 0 spiro atoms. The molecule has 1 aliphatic carbocycles. The normalized spacial score (nSPS) is 18.8. The maximum absolute atomic E-state index is 10.4. The Bertz CT molecular complexity index is 369. The Morgan fingerprint density at radius 2 is 2.00 bits per heavy atom. The fraction of sp³-hybridized carbons (Fsp3) is 0.600. The highest BCUT2D eigenvalue weighted by Crippen LogP contribution is 2.30. The van der Waals surface area contributed by atoms with Crippen LogP contribution in [0.1, 0.15) is 36.8 Å². The third-order valence-corrected chi connectivity index (χ3v) is 3.63.